The fraction of sp³-hybridized carbons (Fsp3) is 0.636. The third-order valence-corrected chi connectivity index (χ3v) is 3.29. The minimum atomic E-state index is 0.615. The summed E-state index contributed by atoms with van der Waals surface area (Å²) >= 11 is 8.65. The van der Waals surface area contributed by atoms with Crippen molar-refractivity contribution in [2.45, 2.75) is 26.4 Å². The third kappa shape index (κ3) is 5.32. The lowest BCUT2D eigenvalue weighted by Gasteiger charge is -2.09. The van der Waals surface area contributed by atoms with E-state index >= 15 is 0 Å². The predicted octanol–water partition coefficient (Wildman–Crippen LogP) is 1.67. The Morgan fingerprint density at radius 2 is 2.33 bits per heavy atom. The molecule has 5 nitrogen and oxygen atoms in total. The van der Waals surface area contributed by atoms with Gasteiger partial charge in [0.25, 0.3) is 0 Å². The zero-order valence-corrected chi connectivity index (χ0v) is 13.1. The minimum Gasteiger partial charge on any atom is -0.385 e. The van der Waals surface area contributed by atoms with Crippen molar-refractivity contribution in [2.75, 3.05) is 20.3 Å². The number of aryl methyl sites for hydroxylation is 1. The summed E-state index contributed by atoms with van der Waals surface area (Å²) in [6.07, 6.45) is 2.90. The van der Waals surface area contributed by atoms with Crippen molar-refractivity contribution < 1.29 is 4.74 Å². The monoisotopic (exact) mass is 334 g/mol. The molecule has 1 aromatic rings. The van der Waals surface area contributed by atoms with Gasteiger partial charge >= 0.3 is 0 Å². The van der Waals surface area contributed by atoms with E-state index in [1.807, 2.05) is 10.9 Å². The molecule has 0 unspecified atom stereocenters. The van der Waals surface area contributed by atoms with Crippen LogP contribution in [-0.4, -0.2) is 35.2 Å². The number of nitrogens with one attached hydrogen (secondary N) is 2. The molecule has 0 radical (unpaired) electrons. The topological polar surface area (TPSA) is 51.1 Å². The first-order valence-electron chi connectivity index (χ1n) is 5.89. The van der Waals surface area contributed by atoms with Gasteiger partial charge in [-0.1, -0.05) is 0 Å². The number of ether oxygens (including phenoxy) is 1. The fourth-order valence-corrected chi connectivity index (χ4v) is 1.99. The van der Waals surface area contributed by atoms with E-state index in [1.165, 1.54) is 0 Å². The summed E-state index contributed by atoms with van der Waals surface area (Å²) < 4.78 is 7.85. The molecule has 0 aromatic carbocycles. The lowest BCUT2D eigenvalue weighted by molar-refractivity contribution is 0.195. The largest absolute Gasteiger partial charge is 0.385 e. The van der Waals surface area contributed by atoms with E-state index in [1.54, 1.807) is 7.11 Å². The lowest BCUT2D eigenvalue weighted by Crippen LogP contribution is -2.35. The summed E-state index contributed by atoms with van der Waals surface area (Å²) in [5.74, 6) is 0. The normalized spacial score (nSPS) is 10.4. The van der Waals surface area contributed by atoms with Crippen molar-refractivity contribution in [3.63, 3.8) is 0 Å². The van der Waals surface area contributed by atoms with E-state index in [4.69, 9.17) is 17.0 Å². The quantitative estimate of drug-likeness (QED) is 0.586. The average Bonchev–Trinajstić information content (AvgIpc) is 2.73. The second-order valence-electron chi connectivity index (χ2n) is 3.74. The predicted molar refractivity (Wildman–Crippen MR) is 79.5 cm³/mol. The number of thiocarbonyl (C=S) groups is 1. The number of methoxy groups -OCH3 is 1. The molecule has 0 saturated heterocycles. The molecule has 0 aliphatic rings. The summed E-state index contributed by atoms with van der Waals surface area (Å²) in [5.41, 5.74) is 0.956. The third-order valence-electron chi connectivity index (χ3n) is 2.34. The van der Waals surface area contributed by atoms with Gasteiger partial charge in [0.1, 0.15) is 0 Å². The molecule has 2 N–H and O–H groups in total. The van der Waals surface area contributed by atoms with Crippen LogP contribution < -0.4 is 10.6 Å². The van der Waals surface area contributed by atoms with Crippen molar-refractivity contribution in [1.82, 2.24) is 20.4 Å². The Hall–Kier alpha value is -0.660. The van der Waals surface area contributed by atoms with Gasteiger partial charge in [-0.05, 0) is 41.5 Å². The van der Waals surface area contributed by atoms with Gasteiger partial charge in [0.05, 0.1) is 16.7 Å². The molecule has 0 bridgehead atoms. The highest BCUT2D eigenvalue weighted by Gasteiger charge is 2.05. The lowest BCUT2D eigenvalue weighted by atomic mass is 10.4. The standard InChI is InChI=1S/C11H19BrN4OS/c1-3-16-8-9(12)10(15-16)7-14-11(18)13-5-4-6-17-2/h8H,3-7H2,1-2H3,(H2,13,14,18). The Labute approximate surface area is 121 Å². The fourth-order valence-electron chi connectivity index (χ4n) is 1.36. The molecule has 0 fully saturated rings. The molecule has 7 heteroatoms. The molecular formula is C11H19BrN4OS. The highest BCUT2D eigenvalue weighted by atomic mass is 79.9. The van der Waals surface area contributed by atoms with Crippen LogP contribution in [-0.2, 0) is 17.8 Å². The Balaban J connectivity index is 2.26. The van der Waals surface area contributed by atoms with E-state index in [2.05, 4.69) is 38.6 Å². The zero-order chi connectivity index (χ0) is 13.4. The maximum absolute atomic E-state index is 5.17. The van der Waals surface area contributed by atoms with Gasteiger partial charge in [0.2, 0.25) is 0 Å². The number of halogens is 1. The summed E-state index contributed by atoms with van der Waals surface area (Å²) in [6.45, 7) is 5.08. The zero-order valence-electron chi connectivity index (χ0n) is 10.7. The molecule has 18 heavy (non-hydrogen) atoms. The molecule has 0 saturated carbocycles. The van der Waals surface area contributed by atoms with Crippen LogP contribution in [0.15, 0.2) is 10.7 Å². The molecular weight excluding hydrogens is 316 g/mol. The van der Waals surface area contributed by atoms with Crippen LogP contribution >= 0.6 is 28.1 Å². The van der Waals surface area contributed by atoms with Crippen LogP contribution in [0.3, 0.4) is 0 Å². The van der Waals surface area contributed by atoms with E-state index in [0.29, 0.717) is 11.7 Å². The molecule has 102 valence electrons. The van der Waals surface area contributed by atoms with Gasteiger partial charge in [-0.15, -0.1) is 0 Å². The van der Waals surface area contributed by atoms with Crippen LogP contribution in [0.25, 0.3) is 0 Å². The summed E-state index contributed by atoms with van der Waals surface area (Å²) in [5, 5.41) is 11.3. The summed E-state index contributed by atoms with van der Waals surface area (Å²) in [7, 11) is 1.69. The van der Waals surface area contributed by atoms with Crippen molar-refractivity contribution in [3.05, 3.63) is 16.4 Å². The van der Waals surface area contributed by atoms with Crippen LogP contribution in [0, 0.1) is 0 Å². The molecule has 0 amide bonds. The average molecular weight is 335 g/mol. The Bertz CT molecular complexity index is 383. The molecule has 0 aliphatic carbocycles. The first-order chi connectivity index (χ1) is 8.67. The number of aromatic nitrogens is 2. The van der Waals surface area contributed by atoms with E-state index < -0.39 is 0 Å². The number of nitrogens with zero attached hydrogens (tertiary/aromatic N) is 2. The Morgan fingerprint density at radius 1 is 1.56 bits per heavy atom. The molecule has 1 aromatic heterocycles. The molecule has 0 atom stereocenters. The van der Waals surface area contributed by atoms with Crippen LogP contribution in [0.2, 0.25) is 0 Å². The molecule has 1 rings (SSSR count). The van der Waals surface area contributed by atoms with Crippen molar-refractivity contribution in [2.24, 2.45) is 0 Å². The van der Waals surface area contributed by atoms with Crippen LogP contribution in [0.1, 0.15) is 19.0 Å². The minimum absolute atomic E-state index is 0.615. The number of rotatable bonds is 7. The first-order valence-corrected chi connectivity index (χ1v) is 7.10. The Kier molecular flexibility index (Phi) is 7.22. The van der Waals surface area contributed by atoms with Crippen LogP contribution in [0.4, 0.5) is 0 Å². The maximum Gasteiger partial charge on any atom is 0.166 e. The van der Waals surface area contributed by atoms with E-state index in [0.717, 1.165) is 36.3 Å². The SMILES string of the molecule is CCn1cc(Br)c(CNC(=S)NCCCOC)n1. The van der Waals surface area contributed by atoms with Crippen molar-refractivity contribution >= 4 is 33.3 Å². The van der Waals surface area contributed by atoms with Gasteiger partial charge < -0.3 is 15.4 Å². The van der Waals surface area contributed by atoms with Gasteiger partial charge in [-0.3, -0.25) is 4.68 Å². The number of hydrogen-bond acceptors (Lipinski definition) is 3. The molecule has 0 aliphatic heterocycles. The Morgan fingerprint density at radius 3 is 2.94 bits per heavy atom. The van der Waals surface area contributed by atoms with Gasteiger partial charge in [0, 0.05) is 33.0 Å². The highest BCUT2D eigenvalue weighted by molar-refractivity contribution is 9.10. The van der Waals surface area contributed by atoms with E-state index in [9.17, 15) is 0 Å². The highest BCUT2D eigenvalue weighted by Crippen LogP contribution is 2.14. The second-order valence-corrected chi connectivity index (χ2v) is 5.00. The van der Waals surface area contributed by atoms with Gasteiger partial charge in [0.15, 0.2) is 5.11 Å². The summed E-state index contributed by atoms with van der Waals surface area (Å²) in [4.78, 5) is 0. The van der Waals surface area contributed by atoms with Gasteiger partial charge in [-0.25, -0.2) is 0 Å². The summed E-state index contributed by atoms with van der Waals surface area (Å²) in [6, 6.07) is 0. The van der Waals surface area contributed by atoms with Gasteiger partial charge in [-0.2, -0.15) is 5.10 Å². The van der Waals surface area contributed by atoms with Crippen molar-refractivity contribution in [3.8, 4) is 0 Å². The van der Waals surface area contributed by atoms with Crippen molar-refractivity contribution in [1.29, 1.82) is 0 Å². The second kappa shape index (κ2) is 8.44. The molecule has 1 heterocycles. The van der Waals surface area contributed by atoms with E-state index in [-0.39, 0.29) is 0 Å². The van der Waals surface area contributed by atoms with Crippen LogP contribution in [0.5, 0.6) is 0 Å². The first kappa shape index (κ1) is 15.4. The maximum atomic E-state index is 5.17. The smallest absolute Gasteiger partial charge is 0.166 e. The molecule has 0 spiro atoms. The number of hydrogen-bond donors (Lipinski definition) is 2.